The number of carbonyl (C=O) groups excluding carboxylic acids is 2. The second kappa shape index (κ2) is 4.79. The Labute approximate surface area is 87.4 Å². The van der Waals surface area contributed by atoms with Crippen molar-refractivity contribution in [1.29, 1.82) is 0 Å². The maximum absolute atomic E-state index is 11.3. The fourth-order valence-corrected chi connectivity index (χ4v) is 1.27. The highest BCUT2D eigenvalue weighted by Crippen LogP contribution is 2.19. The van der Waals surface area contributed by atoms with E-state index in [0.717, 1.165) is 0 Å². The minimum absolute atomic E-state index is 0.226. The van der Waals surface area contributed by atoms with Crippen LogP contribution in [0.2, 0.25) is 0 Å². The van der Waals surface area contributed by atoms with Gasteiger partial charge in [-0.2, -0.15) is 0 Å². The van der Waals surface area contributed by atoms with Crippen LogP contribution in [0, 0.1) is 0 Å². The Morgan fingerprint density at radius 3 is 2.73 bits per heavy atom. The van der Waals surface area contributed by atoms with Crippen molar-refractivity contribution in [1.82, 2.24) is 4.90 Å². The normalized spacial score (nSPS) is 20.2. The van der Waals surface area contributed by atoms with Gasteiger partial charge in [-0.25, -0.2) is 4.79 Å². The van der Waals surface area contributed by atoms with Crippen molar-refractivity contribution in [3.05, 3.63) is 11.6 Å². The lowest BCUT2D eigenvalue weighted by atomic mass is 10.3. The van der Waals surface area contributed by atoms with Gasteiger partial charge in [0, 0.05) is 25.8 Å². The van der Waals surface area contributed by atoms with E-state index in [-0.39, 0.29) is 12.5 Å². The molecule has 1 unspecified atom stereocenters. The first-order valence-electron chi connectivity index (χ1n) is 4.31. The summed E-state index contributed by atoms with van der Waals surface area (Å²) in [6.07, 6.45) is -0.176. The molecule has 0 aromatic carbocycles. The lowest BCUT2D eigenvalue weighted by Crippen LogP contribution is -2.36. The van der Waals surface area contributed by atoms with Gasteiger partial charge in [0.15, 0.2) is 0 Å². The van der Waals surface area contributed by atoms with E-state index >= 15 is 0 Å². The first-order valence-corrected chi connectivity index (χ1v) is 4.31. The number of methoxy groups -OCH3 is 2. The van der Waals surface area contributed by atoms with Crippen molar-refractivity contribution < 1.29 is 23.8 Å². The van der Waals surface area contributed by atoms with Gasteiger partial charge in [-0.05, 0) is 0 Å². The smallest absolute Gasteiger partial charge is 0.438 e. The number of hydrogen-bond donors (Lipinski definition) is 0. The molecule has 0 spiro atoms. The van der Waals surface area contributed by atoms with E-state index in [9.17, 15) is 9.59 Å². The van der Waals surface area contributed by atoms with Gasteiger partial charge in [0.05, 0.1) is 13.7 Å². The van der Waals surface area contributed by atoms with Crippen molar-refractivity contribution in [2.45, 2.75) is 6.23 Å². The summed E-state index contributed by atoms with van der Waals surface area (Å²) in [6, 6.07) is 0. The number of nitrogens with zero attached hydrogens (tertiary/aromatic N) is 1. The molecular formula is C9H13NO5. The second-order valence-electron chi connectivity index (χ2n) is 3.03. The third-order valence-corrected chi connectivity index (χ3v) is 2.01. The van der Waals surface area contributed by atoms with E-state index in [0.29, 0.717) is 5.57 Å². The van der Waals surface area contributed by atoms with E-state index in [1.54, 1.807) is 0 Å². The van der Waals surface area contributed by atoms with Crippen LogP contribution in [0.5, 0.6) is 0 Å². The summed E-state index contributed by atoms with van der Waals surface area (Å²) in [6.45, 7) is 0.234. The Bertz CT molecular complexity index is 299. The number of carbonyl (C=O) groups is 2. The van der Waals surface area contributed by atoms with Crippen molar-refractivity contribution >= 4 is 12.1 Å². The van der Waals surface area contributed by atoms with E-state index in [1.807, 2.05) is 0 Å². The molecule has 0 aromatic rings. The molecule has 1 rings (SSSR count). The highest BCUT2D eigenvalue weighted by atomic mass is 16.7. The molecule has 1 aliphatic rings. The molecule has 0 aliphatic carbocycles. The Morgan fingerprint density at radius 1 is 1.53 bits per heavy atom. The third kappa shape index (κ3) is 2.47. The standard InChI is InChI=1S/C9H13NO5/c1-10-7(11)4-6(5-13-2)8(10)15-9(12)14-3/h4,8H,5H2,1-3H3. The lowest BCUT2D eigenvalue weighted by Gasteiger charge is -2.22. The molecular weight excluding hydrogens is 202 g/mol. The van der Waals surface area contributed by atoms with Crippen LogP contribution in [-0.4, -0.2) is 51.1 Å². The zero-order valence-corrected chi connectivity index (χ0v) is 8.85. The van der Waals surface area contributed by atoms with Crippen molar-refractivity contribution in [3.8, 4) is 0 Å². The predicted molar refractivity (Wildman–Crippen MR) is 50.0 cm³/mol. The van der Waals surface area contributed by atoms with Crippen LogP contribution in [0.25, 0.3) is 0 Å². The number of hydrogen-bond acceptors (Lipinski definition) is 5. The Morgan fingerprint density at radius 2 is 2.20 bits per heavy atom. The van der Waals surface area contributed by atoms with E-state index in [2.05, 4.69) is 4.74 Å². The molecule has 0 N–H and O–H groups in total. The molecule has 1 amide bonds. The minimum Gasteiger partial charge on any atom is -0.438 e. The molecule has 0 fully saturated rings. The van der Waals surface area contributed by atoms with Crippen LogP contribution in [0.3, 0.4) is 0 Å². The SMILES string of the molecule is COCC1=CC(=O)N(C)C1OC(=O)OC. The minimum atomic E-state index is -0.830. The van der Waals surface area contributed by atoms with Gasteiger partial charge >= 0.3 is 6.16 Å². The number of ether oxygens (including phenoxy) is 3. The van der Waals surface area contributed by atoms with Gasteiger partial charge in [0.1, 0.15) is 0 Å². The molecule has 1 heterocycles. The number of amides is 1. The highest BCUT2D eigenvalue weighted by molar-refractivity contribution is 5.91. The summed E-state index contributed by atoms with van der Waals surface area (Å²) in [7, 11) is 4.24. The van der Waals surface area contributed by atoms with Gasteiger partial charge in [-0.3, -0.25) is 4.79 Å². The third-order valence-electron chi connectivity index (χ3n) is 2.01. The summed E-state index contributed by atoms with van der Waals surface area (Å²) >= 11 is 0. The van der Waals surface area contributed by atoms with Crippen molar-refractivity contribution in [2.75, 3.05) is 27.9 Å². The van der Waals surface area contributed by atoms with Crippen LogP contribution in [0.15, 0.2) is 11.6 Å². The quantitative estimate of drug-likeness (QED) is 0.626. The maximum Gasteiger partial charge on any atom is 0.510 e. The van der Waals surface area contributed by atoms with E-state index in [1.165, 1.54) is 32.2 Å². The van der Waals surface area contributed by atoms with Crippen LogP contribution < -0.4 is 0 Å². The molecule has 0 bridgehead atoms. The van der Waals surface area contributed by atoms with Gasteiger partial charge in [-0.15, -0.1) is 0 Å². The van der Waals surface area contributed by atoms with E-state index in [4.69, 9.17) is 9.47 Å². The molecule has 6 nitrogen and oxygen atoms in total. The van der Waals surface area contributed by atoms with Gasteiger partial charge in [0.2, 0.25) is 12.1 Å². The van der Waals surface area contributed by atoms with Crippen LogP contribution in [-0.2, 0) is 19.0 Å². The monoisotopic (exact) mass is 215 g/mol. The van der Waals surface area contributed by atoms with Gasteiger partial charge in [0.25, 0.3) is 0 Å². The lowest BCUT2D eigenvalue weighted by molar-refractivity contribution is -0.130. The Hall–Kier alpha value is -1.56. The van der Waals surface area contributed by atoms with Crippen LogP contribution in [0.4, 0.5) is 4.79 Å². The molecule has 84 valence electrons. The average Bonchev–Trinajstić information content (AvgIpc) is 2.46. The summed E-state index contributed by atoms with van der Waals surface area (Å²) in [5.41, 5.74) is 0.593. The molecule has 1 aliphatic heterocycles. The zero-order valence-electron chi connectivity index (χ0n) is 8.85. The first kappa shape index (κ1) is 11.5. The molecule has 6 heteroatoms. The van der Waals surface area contributed by atoms with Crippen LogP contribution in [0.1, 0.15) is 0 Å². The zero-order chi connectivity index (χ0) is 11.4. The summed E-state index contributed by atoms with van der Waals surface area (Å²) in [5.74, 6) is -0.226. The Balaban J connectivity index is 2.71. The Kier molecular flexibility index (Phi) is 3.68. The summed E-state index contributed by atoms with van der Waals surface area (Å²) < 4.78 is 14.1. The molecule has 1 atom stereocenters. The van der Waals surface area contributed by atoms with Gasteiger partial charge < -0.3 is 19.1 Å². The number of rotatable bonds is 3. The molecule has 0 saturated heterocycles. The van der Waals surface area contributed by atoms with Crippen LogP contribution >= 0.6 is 0 Å². The highest BCUT2D eigenvalue weighted by Gasteiger charge is 2.33. The first-order chi connectivity index (χ1) is 7.10. The fourth-order valence-electron chi connectivity index (χ4n) is 1.27. The number of likely N-dealkylation sites (N-methyl/N-ethyl adjacent to an activating group) is 1. The average molecular weight is 215 g/mol. The molecule has 0 saturated carbocycles. The second-order valence-corrected chi connectivity index (χ2v) is 3.03. The largest absolute Gasteiger partial charge is 0.510 e. The topological polar surface area (TPSA) is 65.1 Å². The maximum atomic E-state index is 11.3. The van der Waals surface area contributed by atoms with Crippen molar-refractivity contribution in [2.24, 2.45) is 0 Å². The molecule has 0 radical (unpaired) electrons. The van der Waals surface area contributed by atoms with Gasteiger partial charge in [-0.1, -0.05) is 0 Å². The summed E-state index contributed by atoms with van der Waals surface area (Å²) in [4.78, 5) is 23.5. The van der Waals surface area contributed by atoms with E-state index < -0.39 is 12.4 Å². The van der Waals surface area contributed by atoms with Crippen molar-refractivity contribution in [3.63, 3.8) is 0 Å². The predicted octanol–water partition coefficient (Wildman–Crippen LogP) is 0.140. The summed E-state index contributed by atoms with van der Waals surface area (Å²) in [5, 5.41) is 0. The molecule has 0 aromatic heterocycles. The molecule has 15 heavy (non-hydrogen) atoms. The fraction of sp³-hybridized carbons (Fsp3) is 0.556.